The van der Waals surface area contributed by atoms with Crippen molar-refractivity contribution < 1.29 is 4.48 Å². The summed E-state index contributed by atoms with van der Waals surface area (Å²) in [5, 5.41) is 0. The molecule has 0 bridgehead atoms. The van der Waals surface area contributed by atoms with Crippen molar-refractivity contribution in [3.8, 4) is 0 Å². The molecule has 0 spiro atoms. The van der Waals surface area contributed by atoms with Crippen LogP contribution < -0.4 is 0 Å². The van der Waals surface area contributed by atoms with E-state index in [1.54, 1.807) is 0 Å². The highest BCUT2D eigenvalue weighted by Crippen LogP contribution is 2.27. The fraction of sp³-hybridized carbons (Fsp3) is 0.538. The van der Waals surface area contributed by atoms with Gasteiger partial charge in [0, 0.05) is 19.3 Å². The molecule has 0 fully saturated rings. The van der Waals surface area contributed by atoms with Gasteiger partial charge in [-0.2, -0.15) is 0 Å². The molecule has 78 valence electrons. The summed E-state index contributed by atoms with van der Waals surface area (Å²) in [7, 11) is 4.62. The van der Waals surface area contributed by atoms with Gasteiger partial charge in [0.2, 0.25) is 0 Å². The third kappa shape index (κ3) is 2.16. The molecule has 1 nitrogen and oxygen atoms in total. The first-order chi connectivity index (χ1) is 6.62. The molecule has 0 saturated carbocycles. The Kier molecular flexibility index (Phi) is 3.70. The lowest BCUT2D eigenvalue weighted by Gasteiger charge is -2.45. The third-order valence-electron chi connectivity index (χ3n) is 3.41. The van der Waals surface area contributed by atoms with Crippen molar-refractivity contribution >= 4 is 0 Å². The zero-order valence-electron chi connectivity index (χ0n) is 9.45. The molecule has 1 rings (SSSR count). The summed E-state index contributed by atoms with van der Waals surface area (Å²) in [6, 6.07) is 1.27. The minimum absolute atomic E-state index is 0.589. The van der Waals surface area contributed by atoms with Crippen LogP contribution in [0.1, 0.15) is 19.3 Å². The second-order valence-electron chi connectivity index (χ2n) is 4.56. The van der Waals surface area contributed by atoms with Crippen LogP contribution in [0, 0.1) is 0 Å². The Hall–Kier alpha value is -0.820. The Morgan fingerprint density at radius 2 is 1.93 bits per heavy atom. The second-order valence-corrected chi connectivity index (χ2v) is 4.56. The number of quaternary nitrogens is 1. The number of hydrogen-bond donors (Lipinski definition) is 0. The normalized spacial score (nSPS) is 29.9. The maximum Gasteiger partial charge on any atom is 0.111 e. The van der Waals surface area contributed by atoms with Gasteiger partial charge in [0.15, 0.2) is 0 Å². The van der Waals surface area contributed by atoms with E-state index in [1.807, 2.05) is 12.2 Å². The minimum atomic E-state index is 0.589. The first kappa shape index (κ1) is 11.3. The van der Waals surface area contributed by atoms with E-state index >= 15 is 0 Å². The molecular weight excluding hydrogens is 170 g/mol. The fourth-order valence-electron chi connectivity index (χ4n) is 2.24. The molecular formula is C13H22N+. The summed E-state index contributed by atoms with van der Waals surface area (Å²) < 4.78 is 1.06. The fourth-order valence-corrected chi connectivity index (χ4v) is 2.24. The lowest BCUT2D eigenvalue weighted by atomic mass is 9.95. The second kappa shape index (κ2) is 4.61. The summed E-state index contributed by atoms with van der Waals surface area (Å²) in [6.07, 6.45) is 12.0. The van der Waals surface area contributed by atoms with E-state index in [0.29, 0.717) is 12.1 Å². The summed E-state index contributed by atoms with van der Waals surface area (Å²) in [5.41, 5.74) is 0. The maximum absolute atomic E-state index is 3.84. The predicted octanol–water partition coefficient (Wildman–Crippen LogP) is 2.91. The molecule has 0 aliphatic carbocycles. The van der Waals surface area contributed by atoms with E-state index in [4.69, 9.17) is 0 Å². The Labute approximate surface area is 88.0 Å². The van der Waals surface area contributed by atoms with E-state index in [1.165, 1.54) is 6.42 Å². The molecule has 0 aromatic carbocycles. The first-order valence-electron chi connectivity index (χ1n) is 5.34. The molecule has 1 aliphatic heterocycles. The molecule has 14 heavy (non-hydrogen) atoms. The van der Waals surface area contributed by atoms with Gasteiger partial charge in [0.05, 0.1) is 20.1 Å². The molecule has 0 aromatic rings. The lowest BCUT2D eigenvalue weighted by molar-refractivity contribution is -0.933. The average molecular weight is 192 g/mol. The van der Waals surface area contributed by atoms with Gasteiger partial charge in [0.25, 0.3) is 0 Å². The smallest absolute Gasteiger partial charge is 0.111 e. The van der Waals surface area contributed by atoms with Crippen LogP contribution in [0.15, 0.2) is 37.5 Å². The Morgan fingerprint density at radius 3 is 2.50 bits per heavy atom. The highest BCUT2D eigenvalue weighted by molar-refractivity contribution is 4.99. The average Bonchev–Trinajstić information content (AvgIpc) is 2.13. The molecule has 2 atom stereocenters. The van der Waals surface area contributed by atoms with Crippen molar-refractivity contribution in [2.45, 2.75) is 31.3 Å². The van der Waals surface area contributed by atoms with Gasteiger partial charge in [-0.05, 0) is 6.08 Å². The molecule has 0 radical (unpaired) electrons. The zero-order valence-corrected chi connectivity index (χ0v) is 9.45. The molecule has 1 heterocycles. The minimum Gasteiger partial charge on any atom is -0.320 e. The van der Waals surface area contributed by atoms with Crippen molar-refractivity contribution in [3.05, 3.63) is 37.5 Å². The summed E-state index contributed by atoms with van der Waals surface area (Å²) in [6.45, 7) is 7.66. The van der Waals surface area contributed by atoms with Gasteiger partial charge in [0.1, 0.15) is 6.04 Å². The molecule has 0 aromatic heterocycles. The first-order valence-corrected chi connectivity index (χ1v) is 5.34. The van der Waals surface area contributed by atoms with Crippen molar-refractivity contribution in [1.82, 2.24) is 0 Å². The van der Waals surface area contributed by atoms with Gasteiger partial charge in [-0.3, -0.25) is 0 Å². The summed E-state index contributed by atoms with van der Waals surface area (Å²) >= 11 is 0. The Balaban J connectivity index is 2.78. The Morgan fingerprint density at radius 1 is 1.29 bits per heavy atom. The SMILES string of the molecule is C=CC[C@@H]1CC=C[C@@H](CC=C)[N+]1(C)C. The lowest BCUT2D eigenvalue weighted by Crippen LogP contribution is -2.56. The molecule has 1 heteroatoms. The van der Waals surface area contributed by atoms with Crippen LogP contribution in [0.3, 0.4) is 0 Å². The van der Waals surface area contributed by atoms with Crippen molar-refractivity contribution in [3.63, 3.8) is 0 Å². The van der Waals surface area contributed by atoms with Gasteiger partial charge in [-0.25, -0.2) is 0 Å². The quantitative estimate of drug-likeness (QED) is 0.474. The van der Waals surface area contributed by atoms with Crippen LogP contribution in [0.25, 0.3) is 0 Å². The zero-order chi connectivity index (χ0) is 10.6. The molecule has 0 N–H and O–H groups in total. The third-order valence-corrected chi connectivity index (χ3v) is 3.41. The Bertz CT molecular complexity index is 238. The number of likely N-dealkylation sites (N-methyl/N-ethyl adjacent to an activating group) is 1. The van der Waals surface area contributed by atoms with E-state index < -0.39 is 0 Å². The standard InChI is InChI=1S/C13H22N/c1-5-8-12-10-7-11-13(9-6-2)14(12,3)4/h5-7,10,12-13H,1-2,8-9,11H2,3-4H3/q+1/t12-,13-/m1/s1. The van der Waals surface area contributed by atoms with E-state index in [0.717, 1.165) is 17.3 Å². The van der Waals surface area contributed by atoms with Crippen molar-refractivity contribution in [2.24, 2.45) is 0 Å². The number of rotatable bonds is 4. The van der Waals surface area contributed by atoms with Gasteiger partial charge in [-0.1, -0.05) is 18.2 Å². The van der Waals surface area contributed by atoms with E-state index in [2.05, 4.69) is 39.4 Å². The monoisotopic (exact) mass is 192 g/mol. The van der Waals surface area contributed by atoms with Crippen LogP contribution in [0.5, 0.6) is 0 Å². The summed E-state index contributed by atoms with van der Waals surface area (Å²) in [5.74, 6) is 0. The van der Waals surface area contributed by atoms with Gasteiger partial charge >= 0.3 is 0 Å². The molecule has 0 saturated heterocycles. The molecule has 0 unspecified atom stereocenters. The maximum atomic E-state index is 3.84. The van der Waals surface area contributed by atoms with Crippen LogP contribution in [0.4, 0.5) is 0 Å². The van der Waals surface area contributed by atoms with Gasteiger partial charge < -0.3 is 4.48 Å². The predicted molar refractivity (Wildman–Crippen MR) is 63.1 cm³/mol. The topological polar surface area (TPSA) is 0 Å². The van der Waals surface area contributed by atoms with Crippen LogP contribution >= 0.6 is 0 Å². The summed E-state index contributed by atoms with van der Waals surface area (Å²) in [4.78, 5) is 0. The van der Waals surface area contributed by atoms with Crippen LogP contribution in [-0.4, -0.2) is 30.7 Å². The van der Waals surface area contributed by atoms with E-state index in [-0.39, 0.29) is 0 Å². The highest BCUT2D eigenvalue weighted by Gasteiger charge is 2.35. The largest absolute Gasteiger partial charge is 0.320 e. The van der Waals surface area contributed by atoms with Crippen LogP contribution in [0.2, 0.25) is 0 Å². The van der Waals surface area contributed by atoms with Crippen molar-refractivity contribution in [2.75, 3.05) is 14.1 Å². The molecule has 0 amide bonds. The number of hydrogen-bond acceptors (Lipinski definition) is 0. The van der Waals surface area contributed by atoms with Crippen LogP contribution in [-0.2, 0) is 0 Å². The molecule has 1 aliphatic rings. The number of nitrogens with zero attached hydrogens (tertiary/aromatic N) is 1. The van der Waals surface area contributed by atoms with Crippen molar-refractivity contribution in [1.29, 1.82) is 0 Å². The van der Waals surface area contributed by atoms with E-state index in [9.17, 15) is 0 Å². The van der Waals surface area contributed by atoms with Gasteiger partial charge in [-0.15, -0.1) is 13.2 Å². The highest BCUT2D eigenvalue weighted by atomic mass is 15.4.